The molecule has 3 aromatic carbocycles. The molecule has 6 rings (SSSR count). The molecule has 190 valence electrons. The molecule has 1 amide bonds. The highest BCUT2D eigenvalue weighted by Crippen LogP contribution is 2.33. The fourth-order valence-electron chi connectivity index (χ4n) is 5.31. The van der Waals surface area contributed by atoms with Crippen molar-refractivity contribution in [3.63, 3.8) is 0 Å². The second kappa shape index (κ2) is 9.91. The number of carbonyl (C=O) groups excluding carboxylic acids is 1. The Kier molecular flexibility index (Phi) is 6.29. The largest absolute Gasteiger partial charge is 0.339 e. The molecule has 6 nitrogen and oxygen atoms in total. The molecule has 0 spiro atoms. The van der Waals surface area contributed by atoms with Crippen LogP contribution in [0.15, 0.2) is 114 Å². The van der Waals surface area contributed by atoms with Gasteiger partial charge in [-0.3, -0.25) is 9.78 Å². The summed E-state index contributed by atoms with van der Waals surface area (Å²) in [5, 5.41) is 0.865. The summed E-state index contributed by atoms with van der Waals surface area (Å²) in [5.41, 5.74) is 4.17. The van der Waals surface area contributed by atoms with Crippen LogP contribution < -0.4 is 0 Å². The van der Waals surface area contributed by atoms with Gasteiger partial charge in [-0.15, -0.1) is 0 Å². The fraction of sp³-hybridized carbons (Fsp3) is 0.161. The maximum Gasteiger partial charge on any atom is 0.268 e. The summed E-state index contributed by atoms with van der Waals surface area (Å²) in [6.45, 7) is 1.34. The second-order valence-corrected chi connectivity index (χ2v) is 11.4. The Morgan fingerprint density at radius 2 is 1.45 bits per heavy atom. The number of carbonyl (C=O) groups is 1. The van der Waals surface area contributed by atoms with Gasteiger partial charge in [-0.25, -0.2) is 12.4 Å². The third-order valence-corrected chi connectivity index (χ3v) is 9.07. The Morgan fingerprint density at radius 3 is 2.16 bits per heavy atom. The van der Waals surface area contributed by atoms with E-state index in [4.69, 9.17) is 0 Å². The molecule has 1 fully saturated rings. The molecule has 7 heteroatoms. The van der Waals surface area contributed by atoms with Gasteiger partial charge in [0.25, 0.3) is 15.9 Å². The van der Waals surface area contributed by atoms with E-state index >= 15 is 0 Å². The lowest BCUT2D eigenvalue weighted by Crippen LogP contribution is -2.37. The smallest absolute Gasteiger partial charge is 0.268 e. The molecule has 0 atom stereocenters. The van der Waals surface area contributed by atoms with Crippen molar-refractivity contribution in [3.05, 3.63) is 121 Å². The van der Waals surface area contributed by atoms with Crippen LogP contribution in [0.3, 0.4) is 0 Å². The van der Waals surface area contributed by atoms with E-state index in [1.807, 2.05) is 84.0 Å². The number of nitrogens with zero attached hydrogens (tertiary/aromatic N) is 3. The first kappa shape index (κ1) is 24.1. The van der Waals surface area contributed by atoms with Crippen LogP contribution in [0, 0.1) is 0 Å². The van der Waals surface area contributed by atoms with Crippen molar-refractivity contribution >= 4 is 26.8 Å². The monoisotopic (exact) mass is 521 g/mol. The first-order valence-electron chi connectivity index (χ1n) is 12.7. The lowest BCUT2D eigenvalue weighted by atomic mass is 9.90. The Labute approximate surface area is 222 Å². The van der Waals surface area contributed by atoms with Crippen LogP contribution in [-0.4, -0.2) is 41.3 Å². The molecular weight excluding hydrogens is 494 g/mol. The van der Waals surface area contributed by atoms with Crippen LogP contribution >= 0.6 is 0 Å². The highest BCUT2D eigenvalue weighted by atomic mass is 32.2. The van der Waals surface area contributed by atoms with Crippen LogP contribution in [0.5, 0.6) is 0 Å². The van der Waals surface area contributed by atoms with Gasteiger partial charge < -0.3 is 4.90 Å². The standard InChI is InChI=1S/C31H27N3O3S/c35-31(33-20-16-24(17-21-33)23-14-18-32-19-15-23)26-10-12-27(13-11-26)38(36,37)34-22-29(25-6-2-1-3-7-25)28-8-4-5-9-30(28)34/h1-15,18-19,22,24H,16-17,20-21H2. The third kappa shape index (κ3) is 4.39. The molecular formula is C31H27N3O3S. The molecule has 38 heavy (non-hydrogen) atoms. The lowest BCUT2D eigenvalue weighted by Gasteiger charge is -2.32. The van der Waals surface area contributed by atoms with Crippen molar-refractivity contribution in [1.29, 1.82) is 0 Å². The first-order chi connectivity index (χ1) is 18.5. The van der Waals surface area contributed by atoms with Crippen LogP contribution in [-0.2, 0) is 10.0 Å². The highest BCUT2D eigenvalue weighted by Gasteiger charge is 2.26. The number of piperidine rings is 1. The molecule has 3 heterocycles. The van der Waals surface area contributed by atoms with Gasteiger partial charge in [0, 0.05) is 48.2 Å². The molecule has 5 aromatic rings. The van der Waals surface area contributed by atoms with Crippen molar-refractivity contribution in [2.24, 2.45) is 0 Å². The van der Waals surface area contributed by atoms with Gasteiger partial charge in [0.2, 0.25) is 0 Å². The molecule has 0 N–H and O–H groups in total. The van der Waals surface area contributed by atoms with E-state index in [0.717, 1.165) is 29.4 Å². The lowest BCUT2D eigenvalue weighted by molar-refractivity contribution is 0.0713. The SMILES string of the molecule is O=C(c1ccc(S(=O)(=O)n2cc(-c3ccccc3)c3ccccc32)cc1)N1CCC(c2ccncc2)CC1. The minimum Gasteiger partial charge on any atom is -0.339 e. The van der Waals surface area contributed by atoms with Gasteiger partial charge in [0.1, 0.15) is 0 Å². The van der Waals surface area contributed by atoms with E-state index in [2.05, 4.69) is 4.98 Å². The van der Waals surface area contributed by atoms with E-state index < -0.39 is 10.0 Å². The van der Waals surface area contributed by atoms with Crippen molar-refractivity contribution in [3.8, 4) is 11.1 Å². The van der Waals surface area contributed by atoms with Crippen molar-refractivity contribution in [1.82, 2.24) is 13.9 Å². The topological polar surface area (TPSA) is 72.3 Å². The Balaban J connectivity index is 1.24. The summed E-state index contributed by atoms with van der Waals surface area (Å²) in [4.78, 5) is 19.3. The van der Waals surface area contributed by atoms with E-state index in [9.17, 15) is 13.2 Å². The maximum atomic E-state index is 13.7. The molecule has 0 bridgehead atoms. The van der Waals surface area contributed by atoms with Crippen molar-refractivity contribution in [2.75, 3.05) is 13.1 Å². The molecule has 0 saturated carbocycles. The molecule has 2 aromatic heterocycles. The summed E-state index contributed by atoms with van der Waals surface area (Å²) in [7, 11) is -3.87. The van der Waals surface area contributed by atoms with Gasteiger partial charge in [-0.05, 0) is 72.4 Å². The van der Waals surface area contributed by atoms with Gasteiger partial charge in [-0.2, -0.15) is 0 Å². The highest BCUT2D eigenvalue weighted by molar-refractivity contribution is 7.90. The number of benzene rings is 3. The molecule has 1 aliphatic heterocycles. The van der Waals surface area contributed by atoms with E-state index in [-0.39, 0.29) is 10.8 Å². The van der Waals surface area contributed by atoms with Crippen molar-refractivity contribution in [2.45, 2.75) is 23.7 Å². The number of pyridine rings is 1. The molecule has 0 radical (unpaired) electrons. The number of aromatic nitrogens is 2. The average molecular weight is 522 g/mol. The van der Waals surface area contributed by atoms with Crippen LogP contribution in [0.1, 0.15) is 34.7 Å². The number of fused-ring (bicyclic) bond motifs is 1. The van der Waals surface area contributed by atoms with Crippen LogP contribution in [0.4, 0.5) is 0 Å². The zero-order valence-electron chi connectivity index (χ0n) is 20.8. The third-order valence-electron chi connectivity index (χ3n) is 7.38. The molecule has 1 saturated heterocycles. The average Bonchev–Trinajstić information content (AvgIpc) is 3.39. The van der Waals surface area contributed by atoms with Crippen molar-refractivity contribution < 1.29 is 13.2 Å². The van der Waals surface area contributed by atoms with Crippen LogP contribution in [0.2, 0.25) is 0 Å². The predicted octanol–water partition coefficient (Wildman–Crippen LogP) is 5.96. The Morgan fingerprint density at radius 1 is 0.789 bits per heavy atom. The zero-order valence-corrected chi connectivity index (χ0v) is 21.6. The first-order valence-corrected chi connectivity index (χ1v) is 14.2. The summed E-state index contributed by atoms with van der Waals surface area (Å²) < 4.78 is 28.8. The molecule has 0 aliphatic carbocycles. The van der Waals surface area contributed by atoms with Gasteiger partial charge >= 0.3 is 0 Å². The summed E-state index contributed by atoms with van der Waals surface area (Å²) in [6.07, 6.45) is 7.09. The summed E-state index contributed by atoms with van der Waals surface area (Å²) in [5.74, 6) is 0.353. The van der Waals surface area contributed by atoms with Crippen LogP contribution in [0.25, 0.3) is 22.0 Å². The predicted molar refractivity (Wildman–Crippen MR) is 149 cm³/mol. The van der Waals surface area contributed by atoms with E-state index in [1.165, 1.54) is 21.7 Å². The number of amides is 1. The number of para-hydroxylation sites is 1. The Bertz CT molecular complexity index is 1690. The molecule has 1 aliphatic rings. The zero-order chi connectivity index (χ0) is 26.1. The summed E-state index contributed by atoms with van der Waals surface area (Å²) >= 11 is 0. The second-order valence-electron chi connectivity index (χ2n) is 9.60. The van der Waals surface area contributed by atoms with E-state index in [1.54, 1.807) is 18.3 Å². The number of rotatable bonds is 5. The number of likely N-dealkylation sites (tertiary alicyclic amines) is 1. The normalized spacial score (nSPS) is 14.6. The van der Waals surface area contributed by atoms with Gasteiger partial charge in [-0.1, -0.05) is 48.5 Å². The minimum atomic E-state index is -3.87. The molecule has 0 unspecified atom stereocenters. The van der Waals surface area contributed by atoms with E-state index in [0.29, 0.717) is 30.1 Å². The fourth-order valence-corrected chi connectivity index (χ4v) is 6.68. The Hall–Kier alpha value is -4.23. The number of hydrogen-bond acceptors (Lipinski definition) is 4. The van der Waals surface area contributed by atoms with Gasteiger partial charge in [0.15, 0.2) is 0 Å². The summed E-state index contributed by atoms with van der Waals surface area (Å²) in [6, 6.07) is 27.6. The maximum absolute atomic E-state index is 13.7. The quantitative estimate of drug-likeness (QED) is 0.286. The van der Waals surface area contributed by atoms with Gasteiger partial charge in [0.05, 0.1) is 10.4 Å². The number of hydrogen-bond donors (Lipinski definition) is 0. The minimum absolute atomic E-state index is 0.0695.